The number of nitrogens with one attached hydrogen (secondary N) is 2. The van der Waals surface area contributed by atoms with E-state index in [1.165, 1.54) is 6.20 Å². The number of H-pyrrole nitrogens is 1. The fourth-order valence-corrected chi connectivity index (χ4v) is 5.12. The van der Waals surface area contributed by atoms with Crippen LogP contribution < -0.4 is 15.0 Å². The molecule has 1 fully saturated rings. The van der Waals surface area contributed by atoms with Crippen molar-refractivity contribution in [1.82, 2.24) is 25.4 Å². The number of hydrogen-bond acceptors (Lipinski definition) is 6. The number of benzene rings is 2. The van der Waals surface area contributed by atoms with Crippen LogP contribution in [0.5, 0.6) is 5.75 Å². The van der Waals surface area contributed by atoms with Crippen LogP contribution in [0.4, 0.5) is 11.4 Å². The summed E-state index contributed by atoms with van der Waals surface area (Å²) < 4.78 is 6.18. The smallest absolute Gasteiger partial charge is 0.252 e. The molecule has 2 aromatic heterocycles. The first-order chi connectivity index (χ1) is 17.6. The van der Waals surface area contributed by atoms with Crippen molar-refractivity contribution >= 4 is 28.2 Å². The van der Waals surface area contributed by atoms with Gasteiger partial charge in [0.25, 0.3) is 5.91 Å². The normalized spacial score (nSPS) is 17.1. The van der Waals surface area contributed by atoms with Crippen molar-refractivity contribution in [3.8, 4) is 28.1 Å². The Bertz CT molecular complexity index is 1540. The van der Waals surface area contributed by atoms with Crippen LogP contribution in [0.3, 0.4) is 0 Å². The quantitative estimate of drug-likeness (QED) is 0.436. The van der Waals surface area contributed by atoms with Gasteiger partial charge in [0.15, 0.2) is 5.69 Å². The highest BCUT2D eigenvalue weighted by molar-refractivity contribution is 6.01. The third-order valence-electron chi connectivity index (χ3n) is 7.00. The number of aromatic amines is 1. The summed E-state index contributed by atoms with van der Waals surface area (Å²) >= 11 is 0. The topological polar surface area (TPSA) is 90.7 Å². The molecule has 2 N–H and O–H groups in total. The molecule has 0 spiro atoms. The number of likely N-dealkylation sites (N-methyl/N-ethyl adjacent to an activating group) is 1. The second-order valence-electron chi connectivity index (χ2n) is 9.24. The van der Waals surface area contributed by atoms with E-state index < -0.39 is 0 Å². The first-order valence-corrected chi connectivity index (χ1v) is 11.8. The SMILES string of the molecule is [C-]#[N+]c1cc2[nH]nc(-c3ccc4c(c3)OCC3CN(C)CCN43)c2cc1-c1cncc(C(=O)NC)c1. The number of carbonyl (C=O) groups is 1. The molecule has 4 aromatic rings. The Hall–Kier alpha value is -4.42. The average molecular weight is 480 g/mol. The predicted molar refractivity (Wildman–Crippen MR) is 139 cm³/mol. The minimum Gasteiger partial charge on any atom is -0.489 e. The number of anilines is 1. The molecule has 1 atom stereocenters. The van der Waals surface area contributed by atoms with Crippen LogP contribution in [-0.2, 0) is 0 Å². The van der Waals surface area contributed by atoms with Gasteiger partial charge in [0.05, 0.1) is 35.1 Å². The summed E-state index contributed by atoms with van der Waals surface area (Å²) in [4.78, 5) is 24.9. The summed E-state index contributed by atoms with van der Waals surface area (Å²) in [6.07, 6.45) is 3.18. The van der Waals surface area contributed by atoms with Gasteiger partial charge in [-0.15, -0.1) is 0 Å². The van der Waals surface area contributed by atoms with Crippen LogP contribution in [-0.4, -0.2) is 72.4 Å². The number of ether oxygens (including phenoxy) is 1. The van der Waals surface area contributed by atoms with E-state index in [0.717, 1.165) is 53.2 Å². The molecule has 0 saturated carbocycles. The third-order valence-corrected chi connectivity index (χ3v) is 7.00. The molecule has 6 rings (SSSR count). The van der Waals surface area contributed by atoms with Gasteiger partial charge in [0.2, 0.25) is 0 Å². The van der Waals surface area contributed by atoms with E-state index in [1.807, 2.05) is 6.07 Å². The summed E-state index contributed by atoms with van der Waals surface area (Å²) in [5, 5.41) is 11.2. The highest BCUT2D eigenvalue weighted by Crippen LogP contribution is 2.41. The second-order valence-corrected chi connectivity index (χ2v) is 9.24. The maximum atomic E-state index is 12.1. The van der Waals surface area contributed by atoms with Crippen molar-refractivity contribution in [3.05, 3.63) is 65.8 Å². The van der Waals surface area contributed by atoms with Gasteiger partial charge < -0.3 is 19.9 Å². The van der Waals surface area contributed by atoms with E-state index in [-0.39, 0.29) is 5.91 Å². The number of pyridine rings is 1. The van der Waals surface area contributed by atoms with Crippen LogP contribution in [0, 0.1) is 6.57 Å². The fourth-order valence-electron chi connectivity index (χ4n) is 5.12. The molecule has 180 valence electrons. The van der Waals surface area contributed by atoms with Gasteiger partial charge in [-0.1, -0.05) is 12.1 Å². The Morgan fingerprint density at radius 2 is 2.08 bits per heavy atom. The first-order valence-electron chi connectivity index (χ1n) is 11.8. The van der Waals surface area contributed by atoms with Crippen molar-refractivity contribution in [3.63, 3.8) is 0 Å². The fraction of sp³-hybridized carbons (Fsp3) is 0.259. The van der Waals surface area contributed by atoms with Crippen molar-refractivity contribution < 1.29 is 9.53 Å². The maximum absolute atomic E-state index is 12.1. The molecule has 4 heterocycles. The van der Waals surface area contributed by atoms with Gasteiger partial charge in [-0.05, 0) is 42.4 Å². The Kier molecular flexibility index (Phi) is 5.31. The minimum absolute atomic E-state index is 0.226. The van der Waals surface area contributed by atoms with Crippen LogP contribution in [0.1, 0.15) is 10.4 Å². The van der Waals surface area contributed by atoms with E-state index in [2.05, 4.69) is 60.4 Å². The van der Waals surface area contributed by atoms with Crippen LogP contribution in [0.15, 0.2) is 48.8 Å². The zero-order valence-electron chi connectivity index (χ0n) is 20.1. The predicted octanol–water partition coefficient (Wildman–Crippen LogP) is 3.72. The molecular formula is C27H25N7O2. The maximum Gasteiger partial charge on any atom is 0.252 e. The lowest BCUT2D eigenvalue weighted by atomic mass is 9.99. The van der Waals surface area contributed by atoms with E-state index in [1.54, 1.807) is 25.4 Å². The lowest BCUT2D eigenvalue weighted by Gasteiger charge is -2.44. The van der Waals surface area contributed by atoms with Gasteiger partial charge in [-0.25, -0.2) is 4.85 Å². The molecule has 2 aromatic carbocycles. The van der Waals surface area contributed by atoms with Crippen molar-refractivity contribution in [2.24, 2.45) is 0 Å². The highest BCUT2D eigenvalue weighted by Gasteiger charge is 2.32. The number of carbonyl (C=O) groups excluding carboxylic acids is 1. The van der Waals surface area contributed by atoms with E-state index >= 15 is 0 Å². The van der Waals surface area contributed by atoms with E-state index in [0.29, 0.717) is 35.0 Å². The summed E-state index contributed by atoms with van der Waals surface area (Å²) in [7, 11) is 3.73. The zero-order chi connectivity index (χ0) is 24.8. The molecule has 0 aliphatic carbocycles. The summed E-state index contributed by atoms with van der Waals surface area (Å²) in [6, 6.07) is 12.1. The molecule has 1 unspecified atom stereocenters. The molecule has 0 bridgehead atoms. The van der Waals surface area contributed by atoms with Gasteiger partial charge in [-0.2, -0.15) is 5.10 Å². The molecule has 1 amide bonds. The van der Waals surface area contributed by atoms with Gasteiger partial charge in [0, 0.05) is 50.0 Å². The number of piperazine rings is 1. The molecule has 9 nitrogen and oxygen atoms in total. The Labute approximate surface area is 208 Å². The number of fused-ring (bicyclic) bond motifs is 4. The molecule has 2 aliphatic heterocycles. The minimum atomic E-state index is -0.226. The standard InChI is InChI=1S/C27H25N7O2/c1-28-22-11-23-21(10-20(22)17-8-18(13-30-12-17)27(35)29-2)26(32-31-23)16-4-5-24-25(9-16)36-15-19-14-33(3)6-7-34(19)24/h4-5,8-13,19H,6-7,14-15H2,2-3H3,(H,29,35)(H,31,32). The van der Waals surface area contributed by atoms with Crippen LogP contribution >= 0.6 is 0 Å². The number of amides is 1. The number of hydrogen-bond donors (Lipinski definition) is 2. The molecule has 2 aliphatic rings. The molecule has 1 saturated heterocycles. The monoisotopic (exact) mass is 479 g/mol. The second kappa shape index (κ2) is 8.66. The molecular weight excluding hydrogens is 454 g/mol. The molecule has 0 radical (unpaired) electrons. The number of rotatable bonds is 3. The summed E-state index contributed by atoms with van der Waals surface area (Å²) in [6.45, 7) is 11.4. The van der Waals surface area contributed by atoms with Gasteiger partial charge >= 0.3 is 0 Å². The Morgan fingerprint density at radius 1 is 1.19 bits per heavy atom. The van der Waals surface area contributed by atoms with Gasteiger partial charge in [0.1, 0.15) is 12.4 Å². The lowest BCUT2D eigenvalue weighted by molar-refractivity contribution is 0.0962. The zero-order valence-corrected chi connectivity index (χ0v) is 20.1. The van der Waals surface area contributed by atoms with Crippen molar-refractivity contribution in [2.75, 3.05) is 45.2 Å². The van der Waals surface area contributed by atoms with E-state index in [9.17, 15) is 4.79 Å². The van der Waals surface area contributed by atoms with Crippen molar-refractivity contribution in [1.29, 1.82) is 0 Å². The number of nitrogens with zero attached hydrogens (tertiary/aromatic N) is 5. The first kappa shape index (κ1) is 22.1. The van der Waals surface area contributed by atoms with Gasteiger partial charge in [-0.3, -0.25) is 14.9 Å². The van der Waals surface area contributed by atoms with Crippen LogP contribution in [0.2, 0.25) is 0 Å². The average Bonchev–Trinajstić information content (AvgIpc) is 3.34. The molecule has 9 heteroatoms. The third kappa shape index (κ3) is 3.63. The van der Waals surface area contributed by atoms with Crippen LogP contribution in [0.25, 0.3) is 38.1 Å². The largest absolute Gasteiger partial charge is 0.489 e. The Balaban J connectivity index is 1.42. The van der Waals surface area contributed by atoms with E-state index in [4.69, 9.17) is 11.3 Å². The summed E-state index contributed by atoms with van der Waals surface area (Å²) in [5.74, 6) is 0.639. The van der Waals surface area contributed by atoms with Crippen molar-refractivity contribution in [2.45, 2.75) is 6.04 Å². The number of aromatic nitrogens is 3. The summed E-state index contributed by atoms with van der Waals surface area (Å²) in [5.41, 5.74) is 5.91. The molecule has 36 heavy (non-hydrogen) atoms. The highest BCUT2D eigenvalue weighted by atomic mass is 16.5. The lowest BCUT2D eigenvalue weighted by Crippen LogP contribution is -2.56. The Morgan fingerprint density at radius 3 is 2.92 bits per heavy atom.